The molecule has 1 heterocycles. The average Bonchev–Trinajstić information content (AvgIpc) is 2.63. The molecule has 0 amide bonds. The molecule has 90 valence electrons. The molecule has 4 nitrogen and oxygen atoms in total. The van der Waals surface area contributed by atoms with E-state index in [2.05, 4.69) is 10.3 Å². The Morgan fingerprint density at radius 1 is 1.47 bits per heavy atom. The van der Waals surface area contributed by atoms with Crippen LogP contribution in [0.15, 0.2) is 30.5 Å². The fourth-order valence-corrected chi connectivity index (χ4v) is 1.91. The summed E-state index contributed by atoms with van der Waals surface area (Å²) in [5, 5.41) is 18.4. The molecule has 5 heteroatoms. The third-order valence-corrected chi connectivity index (χ3v) is 2.65. The number of hydrogen-bond donors (Lipinski definition) is 1. The summed E-state index contributed by atoms with van der Waals surface area (Å²) < 4.78 is 1.64. The van der Waals surface area contributed by atoms with Crippen LogP contribution in [-0.4, -0.2) is 26.2 Å². The molecule has 1 aromatic carbocycles. The normalized spacial score (nSPS) is 12.6. The van der Waals surface area contributed by atoms with Crippen LogP contribution < -0.4 is 0 Å². The number of nitrogens with zero attached hydrogens (tertiary/aromatic N) is 3. The fourth-order valence-electron chi connectivity index (χ4n) is 1.70. The molecule has 1 N–H and O–H groups in total. The molecule has 0 aliphatic rings. The van der Waals surface area contributed by atoms with Gasteiger partial charge in [-0.1, -0.05) is 28.9 Å². The van der Waals surface area contributed by atoms with Gasteiger partial charge in [0.1, 0.15) is 0 Å². The largest absolute Gasteiger partial charge is 0.391 e. The first-order valence-electron chi connectivity index (χ1n) is 5.43. The van der Waals surface area contributed by atoms with E-state index in [0.717, 1.165) is 11.3 Å². The van der Waals surface area contributed by atoms with Gasteiger partial charge < -0.3 is 5.11 Å². The summed E-state index contributed by atoms with van der Waals surface area (Å²) in [5.41, 5.74) is 1.86. The third kappa shape index (κ3) is 3.54. The van der Waals surface area contributed by atoms with Crippen molar-refractivity contribution in [1.82, 2.24) is 15.0 Å². The maximum Gasteiger partial charge on any atom is 0.0796 e. The van der Waals surface area contributed by atoms with Crippen LogP contribution in [0.1, 0.15) is 11.3 Å². The number of aromatic nitrogens is 3. The molecule has 0 aliphatic heterocycles. The lowest BCUT2D eigenvalue weighted by molar-refractivity contribution is 0.148. The topological polar surface area (TPSA) is 50.9 Å². The highest BCUT2D eigenvalue weighted by Gasteiger charge is 2.08. The number of aliphatic hydroxyl groups is 1. The summed E-state index contributed by atoms with van der Waals surface area (Å²) >= 11 is 5.88. The molecule has 2 rings (SSSR count). The monoisotopic (exact) mass is 251 g/mol. The number of rotatable bonds is 4. The Balaban J connectivity index is 1.95. The van der Waals surface area contributed by atoms with Gasteiger partial charge in [-0.05, 0) is 24.6 Å². The zero-order valence-corrected chi connectivity index (χ0v) is 10.3. The van der Waals surface area contributed by atoms with Crippen molar-refractivity contribution in [3.63, 3.8) is 0 Å². The highest BCUT2D eigenvalue weighted by atomic mass is 35.5. The number of aryl methyl sites for hydroxylation is 1. The van der Waals surface area contributed by atoms with Crippen LogP contribution in [0, 0.1) is 6.92 Å². The van der Waals surface area contributed by atoms with Gasteiger partial charge in [0.15, 0.2) is 0 Å². The summed E-state index contributed by atoms with van der Waals surface area (Å²) in [6.07, 6.45) is 1.87. The number of aliphatic hydroxyl groups excluding tert-OH is 1. The molecule has 0 aliphatic carbocycles. The zero-order chi connectivity index (χ0) is 12.3. The van der Waals surface area contributed by atoms with Gasteiger partial charge in [-0.25, -0.2) is 4.68 Å². The van der Waals surface area contributed by atoms with E-state index in [-0.39, 0.29) is 0 Å². The summed E-state index contributed by atoms with van der Waals surface area (Å²) in [6, 6.07) is 7.50. The maximum absolute atomic E-state index is 9.92. The molecule has 2 aromatic rings. The third-order valence-electron chi connectivity index (χ3n) is 2.41. The molecule has 0 radical (unpaired) electrons. The van der Waals surface area contributed by atoms with E-state index >= 15 is 0 Å². The minimum absolute atomic E-state index is 0.438. The average molecular weight is 252 g/mol. The first kappa shape index (κ1) is 12.1. The lowest BCUT2D eigenvalue weighted by Crippen LogP contribution is -2.19. The van der Waals surface area contributed by atoms with Crippen LogP contribution in [0.25, 0.3) is 0 Å². The summed E-state index contributed by atoms with van der Waals surface area (Å²) in [7, 11) is 0. The van der Waals surface area contributed by atoms with E-state index in [4.69, 9.17) is 11.6 Å². The fraction of sp³-hybridized carbons (Fsp3) is 0.333. The Morgan fingerprint density at radius 2 is 2.29 bits per heavy atom. The molecule has 0 fully saturated rings. The minimum atomic E-state index is -0.491. The quantitative estimate of drug-likeness (QED) is 0.902. The van der Waals surface area contributed by atoms with E-state index in [1.807, 2.05) is 31.2 Å². The van der Waals surface area contributed by atoms with Crippen molar-refractivity contribution < 1.29 is 5.11 Å². The molecule has 0 saturated heterocycles. The minimum Gasteiger partial charge on any atom is -0.391 e. The van der Waals surface area contributed by atoms with Crippen molar-refractivity contribution in [2.45, 2.75) is 26.0 Å². The second-order valence-electron chi connectivity index (χ2n) is 4.07. The number of halogens is 1. The first-order chi connectivity index (χ1) is 8.13. The Labute approximate surface area is 105 Å². The van der Waals surface area contributed by atoms with Gasteiger partial charge >= 0.3 is 0 Å². The van der Waals surface area contributed by atoms with Crippen molar-refractivity contribution in [2.75, 3.05) is 0 Å². The predicted octanol–water partition coefficient (Wildman–Crippen LogP) is 1.84. The van der Waals surface area contributed by atoms with Crippen LogP contribution in [0.2, 0.25) is 5.02 Å². The predicted molar refractivity (Wildman–Crippen MR) is 65.9 cm³/mol. The van der Waals surface area contributed by atoms with Crippen molar-refractivity contribution >= 4 is 11.6 Å². The molecule has 0 saturated carbocycles. The van der Waals surface area contributed by atoms with Gasteiger partial charge in [0.25, 0.3) is 0 Å². The van der Waals surface area contributed by atoms with Gasteiger partial charge in [0.05, 0.1) is 18.3 Å². The lowest BCUT2D eigenvalue weighted by atomic mass is 10.1. The molecule has 1 aromatic heterocycles. The standard InChI is InChI=1S/C12H14ClN3O/c1-9-7-16(15-14-9)8-12(17)6-10-3-2-4-11(13)5-10/h2-5,7,12,17H,6,8H2,1H3. The summed E-state index contributed by atoms with van der Waals surface area (Å²) in [6.45, 7) is 2.31. The van der Waals surface area contributed by atoms with E-state index < -0.39 is 6.10 Å². The summed E-state index contributed by atoms with van der Waals surface area (Å²) in [4.78, 5) is 0. The Morgan fingerprint density at radius 3 is 2.94 bits per heavy atom. The maximum atomic E-state index is 9.92. The Hall–Kier alpha value is -1.39. The number of hydrogen-bond acceptors (Lipinski definition) is 3. The van der Waals surface area contributed by atoms with Crippen molar-refractivity contribution in [2.24, 2.45) is 0 Å². The smallest absolute Gasteiger partial charge is 0.0796 e. The second kappa shape index (κ2) is 5.29. The van der Waals surface area contributed by atoms with Crippen molar-refractivity contribution in [3.8, 4) is 0 Å². The van der Waals surface area contributed by atoms with Gasteiger partial charge in [0, 0.05) is 17.6 Å². The first-order valence-corrected chi connectivity index (χ1v) is 5.80. The molecule has 0 bridgehead atoms. The highest BCUT2D eigenvalue weighted by Crippen LogP contribution is 2.12. The van der Waals surface area contributed by atoms with Gasteiger partial charge in [-0.2, -0.15) is 0 Å². The molecular weight excluding hydrogens is 238 g/mol. The zero-order valence-electron chi connectivity index (χ0n) is 9.55. The Bertz CT molecular complexity index is 498. The molecule has 1 unspecified atom stereocenters. The molecule has 17 heavy (non-hydrogen) atoms. The van der Waals surface area contributed by atoms with Crippen molar-refractivity contribution in [1.29, 1.82) is 0 Å². The van der Waals surface area contributed by atoms with E-state index in [9.17, 15) is 5.11 Å². The van der Waals surface area contributed by atoms with Crippen LogP contribution in [0.4, 0.5) is 0 Å². The lowest BCUT2D eigenvalue weighted by Gasteiger charge is -2.10. The Kier molecular flexibility index (Phi) is 3.76. The molecule has 0 spiro atoms. The van der Waals surface area contributed by atoms with Gasteiger partial charge in [-0.15, -0.1) is 5.10 Å². The van der Waals surface area contributed by atoms with Gasteiger partial charge in [0.2, 0.25) is 0 Å². The van der Waals surface area contributed by atoms with Crippen LogP contribution in [0.5, 0.6) is 0 Å². The van der Waals surface area contributed by atoms with Crippen molar-refractivity contribution in [3.05, 3.63) is 46.7 Å². The van der Waals surface area contributed by atoms with Crippen LogP contribution in [0.3, 0.4) is 0 Å². The highest BCUT2D eigenvalue weighted by molar-refractivity contribution is 6.30. The van der Waals surface area contributed by atoms with E-state index in [0.29, 0.717) is 18.0 Å². The SMILES string of the molecule is Cc1cn(CC(O)Cc2cccc(Cl)c2)nn1. The van der Waals surface area contributed by atoms with E-state index in [1.54, 1.807) is 10.9 Å². The van der Waals surface area contributed by atoms with E-state index in [1.165, 1.54) is 0 Å². The van der Waals surface area contributed by atoms with Crippen LogP contribution in [-0.2, 0) is 13.0 Å². The van der Waals surface area contributed by atoms with Gasteiger partial charge in [-0.3, -0.25) is 0 Å². The molecular formula is C12H14ClN3O. The number of benzene rings is 1. The second-order valence-corrected chi connectivity index (χ2v) is 4.51. The van der Waals surface area contributed by atoms with Crippen LogP contribution >= 0.6 is 11.6 Å². The summed E-state index contributed by atoms with van der Waals surface area (Å²) in [5.74, 6) is 0. The molecule has 1 atom stereocenters.